The van der Waals surface area contributed by atoms with E-state index in [1.807, 2.05) is 26.0 Å². The van der Waals surface area contributed by atoms with E-state index in [1.165, 1.54) is 0 Å². The van der Waals surface area contributed by atoms with Crippen molar-refractivity contribution in [1.29, 1.82) is 0 Å². The van der Waals surface area contributed by atoms with Crippen LogP contribution < -0.4 is 9.62 Å². The van der Waals surface area contributed by atoms with Gasteiger partial charge in [0.15, 0.2) is 0 Å². The van der Waals surface area contributed by atoms with E-state index < -0.39 is 10.0 Å². The Morgan fingerprint density at radius 1 is 1.08 bits per heavy atom. The van der Waals surface area contributed by atoms with Crippen LogP contribution in [0.5, 0.6) is 0 Å². The third kappa shape index (κ3) is 2.70. The summed E-state index contributed by atoms with van der Waals surface area (Å²) in [6, 6.07) is 8.98. The number of sulfonamides is 1. The summed E-state index contributed by atoms with van der Waals surface area (Å²) in [4.78, 5) is 14.2. The predicted molar refractivity (Wildman–Crippen MR) is 97.5 cm³/mol. The lowest BCUT2D eigenvalue weighted by atomic mass is 10.0. The second-order valence-electron chi connectivity index (χ2n) is 6.84. The van der Waals surface area contributed by atoms with Crippen LogP contribution in [0.25, 0.3) is 0 Å². The van der Waals surface area contributed by atoms with Crippen LogP contribution in [0.2, 0.25) is 0 Å². The predicted octanol–water partition coefficient (Wildman–Crippen LogP) is 2.94. The van der Waals surface area contributed by atoms with Crippen molar-refractivity contribution in [2.24, 2.45) is 0 Å². The Bertz CT molecular complexity index is 996. The lowest BCUT2D eigenvalue weighted by molar-refractivity contribution is -0.117. The summed E-state index contributed by atoms with van der Waals surface area (Å²) in [6.45, 7) is 4.58. The van der Waals surface area contributed by atoms with Crippen molar-refractivity contribution in [1.82, 2.24) is 0 Å². The van der Waals surface area contributed by atoms with Gasteiger partial charge in [0.1, 0.15) is 0 Å². The van der Waals surface area contributed by atoms with E-state index >= 15 is 0 Å². The number of nitrogens with zero attached hydrogens (tertiary/aromatic N) is 1. The molecule has 0 fully saturated rings. The van der Waals surface area contributed by atoms with Gasteiger partial charge in [-0.1, -0.05) is 17.7 Å². The third-order valence-corrected chi connectivity index (χ3v) is 6.26. The minimum absolute atomic E-state index is 0.0628. The van der Waals surface area contributed by atoms with Crippen molar-refractivity contribution in [2.45, 2.75) is 38.0 Å². The van der Waals surface area contributed by atoms with Crippen molar-refractivity contribution >= 4 is 27.3 Å². The van der Waals surface area contributed by atoms with Crippen LogP contribution in [-0.2, 0) is 27.7 Å². The molecular formula is C19H20N2O3S. The van der Waals surface area contributed by atoms with Gasteiger partial charge in [-0.3, -0.25) is 9.52 Å². The van der Waals surface area contributed by atoms with Gasteiger partial charge in [0.25, 0.3) is 10.0 Å². The topological polar surface area (TPSA) is 66.5 Å². The molecule has 0 aromatic heterocycles. The van der Waals surface area contributed by atoms with Crippen molar-refractivity contribution in [3.63, 3.8) is 0 Å². The number of carbonyl (C=O) groups is 1. The monoisotopic (exact) mass is 356 g/mol. The average molecular weight is 356 g/mol. The summed E-state index contributed by atoms with van der Waals surface area (Å²) in [5, 5.41) is 0. The Hall–Kier alpha value is -2.34. The normalized spacial score (nSPS) is 16.1. The summed E-state index contributed by atoms with van der Waals surface area (Å²) in [5.74, 6) is 0.0628. The van der Waals surface area contributed by atoms with E-state index in [1.54, 1.807) is 23.1 Å². The van der Waals surface area contributed by atoms with E-state index in [0.717, 1.165) is 47.3 Å². The van der Waals surface area contributed by atoms with E-state index in [-0.39, 0.29) is 17.2 Å². The number of carbonyl (C=O) groups excluding carboxylic acids is 1. The van der Waals surface area contributed by atoms with Crippen LogP contribution in [-0.4, -0.2) is 20.9 Å². The first-order valence-corrected chi connectivity index (χ1v) is 9.90. The lowest BCUT2D eigenvalue weighted by Gasteiger charge is -2.26. The molecule has 0 aliphatic carbocycles. The summed E-state index contributed by atoms with van der Waals surface area (Å²) < 4.78 is 28.4. The summed E-state index contributed by atoms with van der Waals surface area (Å²) >= 11 is 0. The molecule has 1 amide bonds. The Labute approximate surface area is 147 Å². The quantitative estimate of drug-likeness (QED) is 0.919. The Kier molecular flexibility index (Phi) is 3.61. The number of amides is 1. The minimum Gasteiger partial charge on any atom is -0.312 e. The van der Waals surface area contributed by atoms with Gasteiger partial charge in [-0.2, -0.15) is 0 Å². The third-order valence-electron chi connectivity index (χ3n) is 4.92. The van der Waals surface area contributed by atoms with Crippen molar-refractivity contribution in [3.05, 3.63) is 52.6 Å². The van der Waals surface area contributed by atoms with E-state index in [0.29, 0.717) is 5.69 Å². The largest absolute Gasteiger partial charge is 0.312 e. The maximum absolute atomic E-state index is 12.9. The van der Waals surface area contributed by atoms with Gasteiger partial charge < -0.3 is 4.90 Å². The Morgan fingerprint density at radius 2 is 1.84 bits per heavy atom. The molecule has 2 aromatic rings. The number of hydrogen-bond donors (Lipinski definition) is 1. The number of anilines is 2. The van der Waals surface area contributed by atoms with Gasteiger partial charge in [-0.25, -0.2) is 8.42 Å². The number of benzene rings is 2. The second kappa shape index (κ2) is 5.59. The molecule has 0 atom stereocenters. The maximum atomic E-state index is 12.9. The van der Waals surface area contributed by atoms with Crippen molar-refractivity contribution in [2.75, 3.05) is 16.2 Å². The molecule has 25 heavy (non-hydrogen) atoms. The van der Waals surface area contributed by atoms with E-state index in [2.05, 4.69) is 4.72 Å². The summed E-state index contributed by atoms with van der Waals surface area (Å²) in [7, 11) is -3.69. The molecule has 4 rings (SSSR count). The maximum Gasteiger partial charge on any atom is 0.261 e. The summed E-state index contributed by atoms with van der Waals surface area (Å²) in [5.41, 5.74) is 5.26. The van der Waals surface area contributed by atoms with Gasteiger partial charge >= 0.3 is 0 Å². The van der Waals surface area contributed by atoms with Gasteiger partial charge in [-0.15, -0.1) is 0 Å². The van der Waals surface area contributed by atoms with Crippen LogP contribution in [0.4, 0.5) is 11.4 Å². The molecule has 2 aliphatic rings. The zero-order valence-electron chi connectivity index (χ0n) is 14.3. The summed E-state index contributed by atoms with van der Waals surface area (Å²) in [6.07, 6.45) is 1.96. The molecule has 0 bridgehead atoms. The second-order valence-corrected chi connectivity index (χ2v) is 8.52. The fraction of sp³-hybridized carbons (Fsp3) is 0.316. The van der Waals surface area contributed by atoms with Crippen molar-refractivity contribution in [3.8, 4) is 0 Å². The zero-order chi connectivity index (χ0) is 17.8. The highest BCUT2D eigenvalue weighted by molar-refractivity contribution is 7.92. The molecule has 0 unspecified atom stereocenters. The van der Waals surface area contributed by atoms with Gasteiger partial charge in [0, 0.05) is 6.54 Å². The molecule has 0 saturated carbocycles. The highest BCUT2D eigenvalue weighted by Gasteiger charge is 2.33. The molecule has 6 heteroatoms. The molecule has 2 heterocycles. The van der Waals surface area contributed by atoms with Crippen LogP contribution >= 0.6 is 0 Å². The molecule has 5 nitrogen and oxygen atoms in total. The first kappa shape index (κ1) is 16.1. The van der Waals surface area contributed by atoms with E-state index in [9.17, 15) is 13.2 Å². The van der Waals surface area contributed by atoms with Gasteiger partial charge in [0.05, 0.1) is 22.7 Å². The number of hydrogen-bond acceptors (Lipinski definition) is 3. The van der Waals surface area contributed by atoms with Gasteiger partial charge in [0.2, 0.25) is 5.91 Å². The highest BCUT2D eigenvalue weighted by atomic mass is 32.2. The molecular weight excluding hydrogens is 336 g/mol. The fourth-order valence-corrected chi connectivity index (χ4v) is 4.97. The van der Waals surface area contributed by atoms with Crippen LogP contribution in [0.15, 0.2) is 35.2 Å². The van der Waals surface area contributed by atoms with Crippen molar-refractivity contribution < 1.29 is 13.2 Å². The first-order valence-electron chi connectivity index (χ1n) is 8.41. The average Bonchev–Trinajstić information content (AvgIpc) is 2.88. The van der Waals surface area contributed by atoms with Crippen LogP contribution in [0.1, 0.15) is 28.7 Å². The fourth-order valence-electron chi connectivity index (χ4n) is 3.73. The standard InChI is InChI=1S/C19H20N2O3S/c1-12-5-6-17(13(2)8-12)20-25(23,24)16-9-14-4-3-7-21-18(22)11-15(10-16)19(14)21/h5-6,8-10,20H,3-4,7,11H2,1-2H3. The van der Waals surface area contributed by atoms with Gasteiger partial charge in [-0.05, 0) is 61.6 Å². The lowest BCUT2D eigenvalue weighted by Crippen LogP contribution is -2.31. The number of rotatable bonds is 3. The minimum atomic E-state index is -3.69. The van der Waals surface area contributed by atoms with Crippen LogP contribution in [0.3, 0.4) is 0 Å². The zero-order valence-corrected chi connectivity index (χ0v) is 15.1. The SMILES string of the molecule is Cc1ccc(NS(=O)(=O)c2cc3c4c(c2)CC(=O)N4CCC3)c(C)c1. The first-order chi connectivity index (χ1) is 11.8. The molecule has 2 aliphatic heterocycles. The molecule has 0 spiro atoms. The Balaban J connectivity index is 1.75. The molecule has 130 valence electrons. The molecule has 1 N–H and O–H groups in total. The highest BCUT2D eigenvalue weighted by Crippen LogP contribution is 2.38. The van der Waals surface area contributed by atoms with E-state index in [4.69, 9.17) is 0 Å². The van der Waals surface area contributed by atoms with Crippen LogP contribution in [0, 0.1) is 13.8 Å². The number of aryl methyl sites for hydroxylation is 3. The number of nitrogens with one attached hydrogen (secondary N) is 1. The smallest absolute Gasteiger partial charge is 0.261 e. The molecule has 2 aromatic carbocycles. The molecule has 0 radical (unpaired) electrons. The Morgan fingerprint density at radius 3 is 2.60 bits per heavy atom. The molecule has 0 saturated heterocycles.